The molecule has 0 spiro atoms. The second-order valence-electron chi connectivity index (χ2n) is 2.18. The largest absolute Gasteiger partial charge is 3.00 e. The predicted molar refractivity (Wildman–Crippen MR) is 39.5 cm³/mol. The zero-order chi connectivity index (χ0) is 7.11. The number of aliphatic carboxylic acids is 1. The molecule has 0 aromatic heterocycles. The van der Waals surface area contributed by atoms with Crippen molar-refractivity contribution >= 4 is 23.3 Å². The first-order chi connectivity index (χ1) is 4.27. The van der Waals surface area contributed by atoms with Crippen LogP contribution in [0.2, 0.25) is 0 Å². The van der Waals surface area contributed by atoms with Gasteiger partial charge in [0, 0.05) is 5.97 Å². The van der Waals surface area contributed by atoms with E-state index in [1.807, 2.05) is 0 Å². The second-order valence-corrected chi connectivity index (χ2v) is 2.18. The quantitative estimate of drug-likeness (QED) is 0.425. The minimum Gasteiger partial charge on any atom is -0.550 e. The molecule has 0 aliphatic carbocycles. The van der Waals surface area contributed by atoms with Crippen LogP contribution < -0.4 is 5.11 Å². The number of carbonyl (C=O) groups excluding carboxylic acids is 1. The van der Waals surface area contributed by atoms with Crippen LogP contribution in [-0.2, 0) is 4.79 Å². The fraction of sp³-hybridized carbons (Fsp3) is 0.857. The van der Waals surface area contributed by atoms with Gasteiger partial charge in [-0.1, -0.05) is 26.2 Å². The minimum atomic E-state index is -0.925. The third-order valence-electron chi connectivity index (χ3n) is 1.23. The van der Waals surface area contributed by atoms with Gasteiger partial charge in [0.2, 0.25) is 0 Å². The van der Waals surface area contributed by atoms with Crippen LogP contribution in [0.5, 0.6) is 0 Å². The topological polar surface area (TPSA) is 40.1 Å². The normalized spacial score (nSPS) is 8.50. The second kappa shape index (κ2) is 9.00. The van der Waals surface area contributed by atoms with Gasteiger partial charge in [-0.05, 0) is 12.8 Å². The summed E-state index contributed by atoms with van der Waals surface area (Å²) in [4.78, 5) is 9.85. The summed E-state index contributed by atoms with van der Waals surface area (Å²) in [5.41, 5.74) is 0. The van der Waals surface area contributed by atoms with E-state index in [1.165, 1.54) is 0 Å². The average molecular weight is 156 g/mol. The van der Waals surface area contributed by atoms with E-state index in [0.717, 1.165) is 25.7 Å². The van der Waals surface area contributed by atoms with Crippen molar-refractivity contribution in [2.75, 3.05) is 0 Å². The molecule has 0 unspecified atom stereocenters. The van der Waals surface area contributed by atoms with Crippen molar-refractivity contribution in [2.24, 2.45) is 0 Å². The van der Waals surface area contributed by atoms with Gasteiger partial charge in [-0.3, -0.25) is 0 Å². The van der Waals surface area contributed by atoms with Crippen molar-refractivity contribution in [1.29, 1.82) is 0 Å². The van der Waals surface area contributed by atoms with Crippen LogP contribution in [0.4, 0.5) is 0 Å². The van der Waals surface area contributed by atoms with Gasteiger partial charge >= 0.3 is 17.4 Å². The number of carboxylic acid groups (broad SMARTS) is 1. The summed E-state index contributed by atoms with van der Waals surface area (Å²) in [6, 6.07) is 0. The van der Waals surface area contributed by atoms with Crippen LogP contribution in [0.25, 0.3) is 0 Å². The maximum absolute atomic E-state index is 9.85. The van der Waals surface area contributed by atoms with Crippen LogP contribution in [0, 0.1) is 0 Å². The Kier molecular flexibility index (Phi) is 11.4. The van der Waals surface area contributed by atoms with Crippen LogP contribution in [0.1, 0.15) is 39.0 Å². The van der Waals surface area contributed by atoms with E-state index in [-0.39, 0.29) is 23.8 Å². The Morgan fingerprint density at radius 2 is 1.90 bits per heavy atom. The molecule has 0 saturated carbocycles. The Labute approximate surface area is 72.8 Å². The standard InChI is InChI=1S/C7H14O2.Al/c1-2-3-4-5-6-7(8)9;/h2-6H2,1H3,(H,8,9);/q;+3/p-1. The van der Waals surface area contributed by atoms with E-state index in [1.54, 1.807) is 0 Å². The first-order valence-corrected chi connectivity index (χ1v) is 3.47. The molecule has 0 aromatic carbocycles. The average Bonchev–Trinajstić information content (AvgIpc) is 1.80. The molecule has 0 aromatic rings. The zero-order valence-corrected chi connectivity index (χ0v) is 7.58. The number of unbranched alkanes of at least 4 members (excludes halogenated alkanes) is 3. The van der Waals surface area contributed by atoms with Gasteiger partial charge in [0.15, 0.2) is 0 Å². The maximum atomic E-state index is 9.85. The Morgan fingerprint density at radius 3 is 2.30 bits per heavy atom. The summed E-state index contributed by atoms with van der Waals surface area (Å²) in [7, 11) is 0. The first kappa shape index (κ1) is 12.7. The third kappa shape index (κ3) is 10.9. The fourth-order valence-corrected chi connectivity index (χ4v) is 0.696. The Hall–Kier alpha value is 0.00247. The molecule has 0 rings (SSSR count). The number of carbonyl (C=O) groups is 1. The monoisotopic (exact) mass is 156 g/mol. The van der Waals surface area contributed by atoms with Gasteiger partial charge in [-0.25, -0.2) is 0 Å². The fourth-order valence-electron chi connectivity index (χ4n) is 0.696. The van der Waals surface area contributed by atoms with Crippen molar-refractivity contribution in [3.63, 3.8) is 0 Å². The third-order valence-corrected chi connectivity index (χ3v) is 1.23. The molecule has 10 heavy (non-hydrogen) atoms. The molecule has 0 aliphatic heterocycles. The molecular formula is C7H13AlO2+2. The van der Waals surface area contributed by atoms with Crippen molar-refractivity contribution in [1.82, 2.24) is 0 Å². The van der Waals surface area contributed by atoms with Crippen LogP contribution >= 0.6 is 0 Å². The molecule has 0 fully saturated rings. The molecule has 3 heteroatoms. The zero-order valence-electron chi connectivity index (χ0n) is 6.43. The van der Waals surface area contributed by atoms with Crippen molar-refractivity contribution < 1.29 is 9.90 Å². The SMILES string of the molecule is CCCCCCC(=O)[O-].[Al+3]. The van der Waals surface area contributed by atoms with Crippen molar-refractivity contribution in [2.45, 2.75) is 39.0 Å². The number of hydrogen-bond acceptors (Lipinski definition) is 2. The Bertz CT molecular complexity index is 83.7. The summed E-state index contributed by atoms with van der Waals surface area (Å²) < 4.78 is 0. The van der Waals surface area contributed by atoms with E-state index in [4.69, 9.17) is 0 Å². The van der Waals surface area contributed by atoms with E-state index < -0.39 is 5.97 Å². The maximum Gasteiger partial charge on any atom is 3.00 e. The van der Waals surface area contributed by atoms with E-state index in [2.05, 4.69) is 6.92 Å². The van der Waals surface area contributed by atoms with Gasteiger partial charge in [0.1, 0.15) is 0 Å². The predicted octanol–water partition coefficient (Wildman–Crippen LogP) is 0.326. The van der Waals surface area contributed by atoms with Crippen LogP contribution in [0.15, 0.2) is 0 Å². The smallest absolute Gasteiger partial charge is 0.550 e. The molecule has 0 amide bonds. The van der Waals surface area contributed by atoms with E-state index in [0.29, 0.717) is 0 Å². The summed E-state index contributed by atoms with van der Waals surface area (Å²) in [6.07, 6.45) is 4.29. The molecule has 0 radical (unpaired) electrons. The Morgan fingerprint density at radius 1 is 1.30 bits per heavy atom. The first-order valence-electron chi connectivity index (χ1n) is 3.47. The minimum absolute atomic E-state index is 0. The molecule has 0 aliphatic rings. The van der Waals surface area contributed by atoms with Crippen LogP contribution in [0.3, 0.4) is 0 Å². The van der Waals surface area contributed by atoms with Gasteiger partial charge in [-0.15, -0.1) is 0 Å². The van der Waals surface area contributed by atoms with Crippen molar-refractivity contribution in [3.8, 4) is 0 Å². The van der Waals surface area contributed by atoms with E-state index >= 15 is 0 Å². The number of carboxylic acids is 1. The summed E-state index contributed by atoms with van der Waals surface area (Å²) in [5, 5.41) is 9.85. The molecule has 2 nitrogen and oxygen atoms in total. The molecule has 0 saturated heterocycles. The summed E-state index contributed by atoms with van der Waals surface area (Å²) in [6.45, 7) is 2.10. The Balaban J connectivity index is 0. The van der Waals surface area contributed by atoms with Gasteiger partial charge in [-0.2, -0.15) is 0 Å². The molecule has 0 atom stereocenters. The molecule has 0 heterocycles. The molecule has 0 N–H and O–H groups in total. The van der Waals surface area contributed by atoms with Crippen LogP contribution in [-0.4, -0.2) is 23.3 Å². The summed E-state index contributed by atoms with van der Waals surface area (Å²) >= 11 is 0. The van der Waals surface area contributed by atoms with Gasteiger partial charge in [0.05, 0.1) is 0 Å². The van der Waals surface area contributed by atoms with Gasteiger partial charge < -0.3 is 9.90 Å². The van der Waals surface area contributed by atoms with E-state index in [9.17, 15) is 9.90 Å². The molecule has 0 bridgehead atoms. The number of hydrogen-bond donors (Lipinski definition) is 0. The number of rotatable bonds is 5. The molecular weight excluding hydrogens is 143 g/mol. The van der Waals surface area contributed by atoms with Gasteiger partial charge in [0.25, 0.3) is 0 Å². The van der Waals surface area contributed by atoms with Crippen molar-refractivity contribution in [3.05, 3.63) is 0 Å². The molecule has 54 valence electrons. The summed E-state index contributed by atoms with van der Waals surface area (Å²) in [5.74, 6) is -0.925.